The number of ether oxygens (including phenoxy) is 2. The molecule has 0 aromatic heterocycles. The van der Waals surface area contributed by atoms with E-state index in [1.54, 1.807) is 12.1 Å². The first kappa shape index (κ1) is 17.5. The molecule has 2 aliphatic rings. The van der Waals surface area contributed by atoms with Gasteiger partial charge >= 0.3 is 6.03 Å². The summed E-state index contributed by atoms with van der Waals surface area (Å²) >= 11 is 5.96. The highest BCUT2D eigenvalue weighted by Gasteiger charge is 2.41. The molecule has 1 spiro atoms. The number of nitrogens with zero attached hydrogens (tertiary/aromatic N) is 1. The van der Waals surface area contributed by atoms with Gasteiger partial charge in [0, 0.05) is 43.4 Å². The largest absolute Gasteiger partial charge is 0.378 e. The lowest BCUT2D eigenvalue weighted by atomic mass is 9.83. The average molecular weight is 353 g/mol. The number of piperidine rings is 1. The van der Waals surface area contributed by atoms with E-state index in [0.717, 1.165) is 44.6 Å². The fourth-order valence-corrected chi connectivity index (χ4v) is 3.79. The Morgan fingerprint density at radius 2 is 2.25 bits per heavy atom. The third-order valence-corrected chi connectivity index (χ3v) is 5.12. The van der Waals surface area contributed by atoms with Crippen LogP contribution in [-0.2, 0) is 9.47 Å². The van der Waals surface area contributed by atoms with Crippen molar-refractivity contribution in [2.24, 2.45) is 0 Å². The summed E-state index contributed by atoms with van der Waals surface area (Å²) in [6.07, 6.45) is 3.91. The van der Waals surface area contributed by atoms with E-state index in [0.29, 0.717) is 18.1 Å². The van der Waals surface area contributed by atoms with Crippen LogP contribution < -0.4 is 5.32 Å². The molecule has 1 atom stereocenters. The fourth-order valence-electron chi connectivity index (χ4n) is 3.60. The van der Waals surface area contributed by atoms with E-state index in [2.05, 4.69) is 5.32 Å². The molecule has 0 aliphatic carbocycles. The maximum atomic E-state index is 12.4. The van der Waals surface area contributed by atoms with Gasteiger partial charge in [-0.25, -0.2) is 4.79 Å². The summed E-state index contributed by atoms with van der Waals surface area (Å²) in [5, 5.41) is 3.52. The Balaban J connectivity index is 1.53. The van der Waals surface area contributed by atoms with E-state index in [9.17, 15) is 4.79 Å². The van der Waals surface area contributed by atoms with Crippen molar-refractivity contribution >= 4 is 23.3 Å². The molecular formula is C18H25ClN2O3. The fraction of sp³-hybridized carbons (Fsp3) is 0.611. The molecule has 6 heteroatoms. The monoisotopic (exact) mass is 352 g/mol. The Bertz CT molecular complexity index is 571. The second-order valence-corrected chi connectivity index (χ2v) is 6.97. The standard InChI is InChI=1S/C18H25ClN2O3/c1-2-23-16-6-11-24-18(13-16)7-9-21(10-8-18)17(22)20-15-5-3-4-14(19)12-15/h3-5,12,16H,2,6-11,13H2,1H3,(H,20,22). The number of amides is 2. The third-order valence-electron chi connectivity index (χ3n) is 4.89. The van der Waals surface area contributed by atoms with Gasteiger partial charge in [0.15, 0.2) is 0 Å². The molecule has 24 heavy (non-hydrogen) atoms. The Hall–Kier alpha value is -1.30. The molecule has 2 amide bonds. The minimum Gasteiger partial charge on any atom is -0.378 e. The first-order chi connectivity index (χ1) is 11.6. The van der Waals surface area contributed by atoms with Crippen LogP contribution in [-0.4, -0.2) is 48.9 Å². The molecule has 3 rings (SSSR count). The van der Waals surface area contributed by atoms with Crippen molar-refractivity contribution in [3.8, 4) is 0 Å². The zero-order chi connectivity index (χ0) is 17.0. The topological polar surface area (TPSA) is 50.8 Å². The molecule has 2 fully saturated rings. The highest BCUT2D eigenvalue weighted by molar-refractivity contribution is 6.30. The Morgan fingerprint density at radius 1 is 1.46 bits per heavy atom. The number of likely N-dealkylation sites (tertiary alicyclic amines) is 1. The van der Waals surface area contributed by atoms with Crippen molar-refractivity contribution in [2.75, 3.05) is 31.6 Å². The number of hydrogen-bond acceptors (Lipinski definition) is 3. The summed E-state index contributed by atoms with van der Waals surface area (Å²) in [7, 11) is 0. The number of carbonyl (C=O) groups is 1. The Labute approximate surface area is 148 Å². The van der Waals surface area contributed by atoms with Crippen LogP contribution in [0.1, 0.15) is 32.6 Å². The number of urea groups is 1. The smallest absolute Gasteiger partial charge is 0.321 e. The molecule has 2 saturated heterocycles. The molecule has 0 radical (unpaired) electrons. The van der Waals surface area contributed by atoms with Crippen molar-refractivity contribution in [1.29, 1.82) is 0 Å². The molecule has 1 N–H and O–H groups in total. The molecule has 0 bridgehead atoms. The van der Waals surface area contributed by atoms with E-state index in [1.165, 1.54) is 0 Å². The first-order valence-corrected chi connectivity index (χ1v) is 9.05. The predicted molar refractivity (Wildman–Crippen MR) is 94.6 cm³/mol. The summed E-state index contributed by atoms with van der Waals surface area (Å²) in [6.45, 7) is 4.93. The van der Waals surface area contributed by atoms with Gasteiger partial charge in [-0.1, -0.05) is 17.7 Å². The third kappa shape index (κ3) is 4.21. The summed E-state index contributed by atoms with van der Waals surface area (Å²) in [4.78, 5) is 14.3. The molecule has 0 saturated carbocycles. The minimum absolute atomic E-state index is 0.0794. The van der Waals surface area contributed by atoms with Crippen LogP contribution in [0.4, 0.5) is 10.5 Å². The van der Waals surface area contributed by atoms with E-state index in [-0.39, 0.29) is 17.7 Å². The van der Waals surface area contributed by atoms with E-state index >= 15 is 0 Å². The second-order valence-electron chi connectivity index (χ2n) is 6.53. The maximum Gasteiger partial charge on any atom is 0.321 e. The van der Waals surface area contributed by atoms with Crippen molar-refractivity contribution < 1.29 is 14.3 Å². The Kier molecular flexibility index (Phi) is 5.64. The normalized spacial score (nSPS) is 23.2. The van der Waals surface area contributed by atoms with Crippen molar-refractivity contribution in [3.63, 3.8) is 0 Å². The maximum absolute atomic E-state index is 12.4. The zero-order valence-electron chi connectivity index (χ0n) is 14.1. The van der Waals surface area contributed by atoms with Gasteiger partial charge in [-0.2, -0.15) is 0 Å². The van der Waals surface area contributed by atoms with Crippen molar-refractivity contribution in [3.05, 3.63) is 29.3 Å². The van der Waals surface area contributed by atoms with E-state index in [1.807, 2.05) is 24.0 Å². The van der Waals surface area contributed by atoms with Gasteiger partial charge in [0.25, 0.3) is 0 Å². The van der Waals surface area contributed by atoms with Gasteiger partial charge in [-0.3, -0.25) is 0 Å². The van der Waals surface area contributed by atoms with Gasteiger partial charge in [-0.05, 0) is 44.4 Å². The van der Waals surface area contributed by atoms with Crippen molar-refractivity contribution in [2.45, 2.75) is 44.3 Å². The number of nitrogens with one attached hydrogen (secondary N) is 1. The molecule has 1 aromatic carbocycles. The first-order valence-electron chi connectivity index (χ1n) is 8.67. The predicted octanol–water partition coefficient (Wildman–Crippen LogP) is 3.92. The van der Waals surface area contributed by atoms with Crippen LogP contribution in [0.25, 0.3) is 0 Å². The number of hydrogen-bond donors (Lipinski definition) is 1. The van der Waals surface area contributed by atoms with Crippen LogP contribution >= 0.6 is 11.6 Å². The van der Waals surface area contributed by atoms with Gasteiger partial charge < -0.3 is 19.7 Å². The lowest BCUT2D eigenvalue weighted by Gasteiger charge is -2.45. The molecule has 2 aliphatic heterocycles. The van der Waals surface area contributed by atoms with Gasteiger partial charge in [-0.15, -0.1) is 0 Å². The minimum atomic E-state index is -0.120. The van der Waals surface area contributed by atoms with Gasteiger partial charge in [0.05, 0.1) is 11.7 Å². The number of carbonyl (C=O) groups excluding carboxylic acids is 1. The quantitative estimate of drug-likeness (QED) is 0.896. The molecular weight excluding hydrogens is 328 g/mol. The van der Waals surface area contributed by atoms with Crippen LogP contribution in [0.3, 0.4) is 0 Å². The van der Waals surface area contributed by atoms with Crippen LogP contribution in [0.5, 0.6) is 0 Å². The average Bonchev–Trinajstić information content (AvgIpc) is 2.56. The summed E-state index contributed by atoms with van der Waals surface area (Å²) in [6, 6.07) is 7.13. The molecule has 1 unspecified atom stereocenters. The lowest BCUT2D eigenvalue weighted by Crippen LogP contribution is -2.52. The van der Waals surface area contributed by atoms with Crippen LogP contribution in [0.15, 0.2) is 24.3 Å². The number of anilines is 1. The number of benzene rings is 1. The molecule has 2 heterocycles. The van der Waals surface area contributed by atoms with Gasteiger partial charge in [0.1, 0.15) is 0 Å². The lowest BCUT2D eigenvalue weighted by molar-refractivity contribution is -0.150. The number of rotatable bonds is 3. The van der Waals surface area contributed by atoms with E-state index in [4.69, 9.17) is 21.1 Å². The summed E-state index contributed by atoms with van der Waals surface area (Å²) in [5.41, 5.74) is 0.600. The second kappa shape index (κ2) is 7.72. The molecule has 1 aromatic rings. The Morgan fingerprint density at radius 3 is 2.96 bits per heavy atom. The van der Waals surface area contributed by atoms with Gasteiger partial charge in [0.2, 0.25) is 0 Å². The zero-order valence-corrected chi connectivity index (χ0v) is 14.8. The molecule has 5 nitrogen and oxygen atoms in total. The molecule has 132 valence electrons. The summed E-state index contributed by atoms with van der Waals surface area (Å²) < 4.78 is 11.9. The van der Waals surface area contributed by atoms with Crippen molar-refractivity contribution in [1.82, 2.24) is 4.90 Å². The highest BCUT2D eigenvalue weighted by Crippen LogP contribution is 2.36. The van der Waals surface area contributed by atoms with Crippen LogP contribution in [0, 0.1) is 0 Å². The number of halogens is 1. The summed E-state index contributed by atoms with van der Waals surface area (Å²) in [5.74, 6) is 0. The van der Waals surface area contributed by atoms with Crippen LogP contribution in [0.2, 0.25) is 5.02 Å². The van der Waals surface area contributed by atoms with E-state index < -0.39 is 0 Å². The SMILES string of the molecule is CCOC1CCOC2(CCN(C(=O)Nc3cccc(Cl)c3)CC2)C1. The highest BCUT2D eigenvalue weighted by atomic mass is 35.5.